The molecule has 8 nitrogen and oxygen atoms in total. The van der Waals surface area contributed by atoms with Crippen LogP contribution in [-0.2, 0) is 14.8 Å². The van der Waals surface area contributed by atoms with E-state index in [2.05, 4.69) is 5.32 Å². The van der Waals surface area contributed by atoms with Crippen LogP contribution in [-0.4, -0.2) is 51.0 Å². The van der Waals surface area contributed by atoms with Crippen LogP contribution >= 0.6 is 11.6 Å². The lowest BCUT2D eigenvalue weighted by Gasteiger charge is -2.21. The Kier molecular flexibility index (Phi) is 6.35. The van der Waals surface area contributed by atoms with Gasteiger partial charge in [-0.2, -0.15) is 4.31 Å². The summed E-state index contributed by atoms with van der Waals surface area (Å²) in [5.41, 5.74) is 0.867. The predicted molar refractivity (Wildman–Crippen MR) is 115 cm³/mol. The van der Waals surface area contributed by atoms with E-state index in [0.717, 1.165) is 0 Å². The maximum absolute atomic E-state index is 12.9. The van der Waals surface area contributed by atoms with Gasteiger partial charge in [0.05, 0.1) is 33.4 Å². The molecule has 0 bridgehead atoms. The number of hydrogen-bond donors (Lipinski definition) is 1. The molecule has 0 aromatic heterocycles. The standard InChI is InChI=1S/C20H22ClN3O5S/c1-13(2)23(3)30(27,28)14-8-9-16(21)15(12-14)19(25)22-17-6-4-5-7-18(17)24-10-11-29-20(24)26/h4-9,12-13H,10-11H2,1-3H3,(H,22,25). The first kappa shape index (κ1) is 22.1. The van der Waals surface area contributed by atoms with Gasteiger partial charge in [0.2, 0.25) is 10.0 Å². The number of carbonyl (C=O) groups excluding carboxylic acids is 2. The number of halogens is 1. The molecule has 1 heterocycles. The van der Waals surface area contributed by atoms with Gasteiger partial charge in [0.15, 0.2) is 0 Å². The number of ether oxygens (including phenoxy) is 1. The van der Waals surface area contributed by atoms with Crippen LogP contribution in [0.2, 0.25) is 5.02 Å². The number of nitrogens with one attached hydrogen (secondary N) is 1. The van der Waals surface area contributed by atoms with Gasteiger partial charge in [-0.25, -0.2) is 13.2 Å². The van der Waals surface area contributed by atoms with E-state index in [-0.39, 0.29) is 28.1 Å². The summed E-state index contributed by atoms with van der Waals surface area (Å²) >= 11 is 6.19. The highest BCUT2D eigenvalue weighted by atomic mass is 35.5. The number of benzene rings is 2. The van der Waals surface area contributed by atoms with E-state index in [1.165, 1.54) is 34.5 Å². The molecule has 2 amide bonds. The normalized spacial score (nSPS) is 14.3. The van der Waals surface area contributed by atoms with Crippen molar-refractivity contribution >= 4 is 45.0 Å². The number of anilines is 2. The minimum atomic E-state index is -3.79. The molecule has 160 valence electrons. The first-order valence-electron chi connectivity index (χ1n) is 9.25. The molecule has 10 heteroatoms. The number of rotatable bonds is 6. The summed E-state index contributed by atoms with van der Waals surface area (Å²) in [4.78, 5) is 26.2. The number of cyclic esters (lactones) is 1. The topological polar surface area (TPSA) is 96.0 Å². The first-order valence-corrected chi connectivity index (χ1v) is 11.1. The van der Waals surface area contributed by atoms with E-state index in [9.17, 15) is 18.0 Å². The Morgan fingerprint density at radius 2 is 1.93 bits per heavy atom. The zero-order chi connectivity index (χ0) is 22.1. The summed E-state index contributed by atoms with van der Waals surface area (Å²) in [6.07, 6.45) is -0.500. The van der Waals surface area contributed by atoms with Gasteiger partial charge in [-0.3, -0.25) is 9.69 Å². The molecular weight excluding hydrogens is 430 g/mol. The quantitative estimate of drug-likeness (QED) is 0.724. The predicted octanol–water partition coefficient (Wildman–Crippen LogP) is 3.58. The molecule has 3 rings (SSSR count). The van der Waals surface area contributed by atoms with Crippen LogP contribution in [0.5, 0.6) is 0 Å². The smallest absolute Gasteiger partial charge is 0.414 e. The minimum Gasteiger partial charge on any atom is -0.447 e. The van der Waals surface area contributed by atoms with Crippen LogP contribution in [0, 0.1) is 0 Å². The van der Waals surface area contributed by atoms with Crippen LogP contribution in [0.3, 0.4) is 0 Å². The van der Waals surface area contributed by atoms with Crippen LogP contribution in [0.15, 0.2) is 47.4 Å². The number of nitrogens with zero attached hydrogens (tertiary/aromatic N) is 2. The van der Waals surface area contributed by atoms with E-state index < -0.39 is 22.0 Å². The second-order valence-electron chi connectivity index (χ2n) is 6.99. The number of carbonyl (C=O) groups is 2. The lowest BCUT2D eigenvalue weighted by Crippen LogP contribution is -2.33. The Hall–Kier alpha value is -2.62. The van der Waals surface area contributed by atoms with Crippen LogP contribution < -0.4 is 10.2 Å². The Morgan fingerprint density at radius 1 is 1.23 bits per heavy atom. The van der Waals surface area contributed by atoms with Crippen molar-refractivity contribution in [3.05, 3.63) is 53.1 Å². The zero-order valence-corrected chi connectivity index (χ0v) is 18.3. The Morgan fingerprint density at radius 3 is 2.57 bits per heavy atom. The Balaban J connectivity index is 1.93. The molecule has 0 aliphatic carbocycles. The second-order valence-corrected chi connectivity index (χ2v) is 9.40. The van der Waals surface area contributed by atoms with Gasteiger partial charge in [0, 0.05) is 13.1 Å². The molecule has 1 N–H and O–H groups in total. The van der Waals surface area contributed by atoms with Crippen molar-refractivity contribution in [2.45, 2.75) is 24.8 Å². The van der Waals surface area contributed by atoms with E-state index in [4.69, 9.17) is 16.3 Å². The van der Waals surface area contributed by atoms with Gasteiger partial charge in [-0.1, -0.05) is 23.7 Å². The van der Waals surface area contributed by atoms with Crippen molar-refractivity contribution < 1.29 is 22.7 Å². The van der Waals surface area contributed by atoms with Crippen molar-refractivity contribution in [2.24, 2.45) is 0 Å². The average Bonchev–Trinajstić information content (AvgIpc) is 3.13. The van der Waals surface area contributed by atoms with E-state index >= 15 is 0 Å². The molecule has 1 aliphatic rings. The van der Waals surface area contributed by atoms with Crippen molar-refractivity contribution in [1.29, 1.82) is 0 Å². The fourth-order valence-corrected chi connectivity index (χ4v) is 4.50. The summed E-state index contributed by atoms with van der Waals surface area (Å²) in [6.45, 7) is 4.13. The molecule has 0 radical (unpaired) electrons. The van der Waals surface area contributed by atoms with Gasteiger partial charge >= 0.3 is 6.09 Å². The molecule has 0 spiro atoms. The summed E-state index contributed by atoms with van der Waals surface area (Å²) in [6, 6.07) is 10.5. The Bertz CT molecular complexity index is 1090. The zero-order valence-electron chi connectivity index (χ0n) is 16.8. The summed E-state index contributed by atoms with van der Waals surface area (Å²) in [5.74, 6) is -0.593. The van der Waals surface area contributed by atoms with Crippen molar-refractivity contribution in [3.8, 4) is 0 Å². The third-order valence-electron chi connectivity index (χ3n) is 4.79. The molecular formula is C20H22ClN3O5S. The monoisotopic (exact) mass is 451 g/mol. The third-order valence-corrected chi connectivity index (χ3v) is 7.15. The second kappa shape index (κ2) is 8.63. The number of para-hydroxylation sites is 2. The maximum Gasteiger partial charge on any atom is 0.414 e. The number of hydrogen-bond acceptors (Lipinski definition) is 5. The van der Waals surface area contributed by atoms with E-state index in [1.807, 2.05) is 0 Å². The molecule has 2 aromatic carbocycles. The average molecular weight is 452 g/mol. The van der Waals surface area contributed by atoms with Crippen molar-refractivity contribution in [3.63, 3.8) is 0 Å². The highest BCUT2D eigenvalue weighted by Crippen LogP contribution is 2.30. The van der Waals surface area contributed by atoms with Crippen molar-refractivity contribution in [2.75, 3.05) is 30.4 Å². The fraction of sp³-hybridized carbons (Fsp3) is 0.300. The highest BCUT2D eigenvalue weighted by molar-refractivity contribution is 7.89. The lowest BCUT2D eigenvalue weighted by molar-refractivity contribution is 0.102. The minimum absolute atomic E-state index is 0.00805. The molecule has 0 saturated carbocycles. The van der Waals surface area contributed by atoms with Crippen LogP contribution in [0.25, 0.3) is 0 Å². The molecule has 1 saturated heterocycles. The number of sulfonamides is 1. The van der Waals surface area contributed by atoms with Gasteiger partial charge < -0.3 is 10.1 Å². The van der Waals surface area contributed by atoms with Gasteiger partial charge in [-0.05, 0) is 44.2 Å². The lowest BCUT2D eigenvalue weighted by atomic mass is 10.2. The molecule has 1 aliphatic heterocycles. The van der Waals surface area contributed by atoms with Crippen molar-refractivity contribution in [1.82, 2.24) is 4.31 Å². The van der Waals surface area contributed by atoms with Gasteiger partial charge in [0.1, 0.15) is 6.61 Å². The fourth-order valence-electron chi connectivity index (χ4n) is 2.90. The van der Waals surface area contributed by atoms with Gasteiger partial charge in [-0.15, -0.1) is 0 Å². The molecule has 2 aromatic rings. The first-order chi connectivity index (χ1) is 14.1. The maximum atomic E-state index is 12.9. The van der Waals surface area contributed by atoms with E-state index in [1.54, 1.807) is 38.1 Å². The molecule has 0 unspecified atom stereocenters. The summed E-state index contributed by atoms with van der Waals surface area (Å²) in [5, 5.41) is 2.82. The highest BCUT2D eigenvalue weighted by Gasteiger charge is 2.27. The molecule has 1 fully saturated rings. The van der Waals surface area contributed by atoms with E-state index in [0.29, 0.717) is 17.9 Å². The molecule has 0 atom stereocenters. The Labute approximate surface area is 180 Å². The van der Waals surface area contributed by atoms with Gasteiger partial charge in [0.25, 0.3) is 5.91 Å². The summed E-state index contributed by atoms with van der Waals surface area (Å²) in [7, 11) is -2.32. The third kappa shape index (κ3) is 4.28. The van der Waals surface area contributed by atoms with Crippen LogP contribution in [0.4, 0.5) is 16.2 Å². The van der Waals surface area contributed by atoms with Crippen LogP contribution in [0.1, 0.15) is 24.2 Å². The SMILES string of the molecule is CC(C)N(C)S(=O)(=O)c1ccc(Cl)c(C(=O)Nc2ccccc2N2CCOC2=O)c1. The summed E-state index contributed by atoms with van der Waals surface area (Å²) < 4.78 is 31.7. The number of amides is 2. The largest absolute Gasteiger partial charge is 0.447 e. The molecule has 30 heavy (non-hydrogen) atoms.